The van der Waals surface area contributed by atoms with Gasteiger partial charge in [-0.1, -0.05) is 37.2 Å². The zero-order valence-corrected chi connectivity index (χ0v) is 12.5. The van der Waals surface area contributed by atoms with E-state index >= 15 is 0 Å². The topological polar surface area (TPSA) is 63.4 Å². The predicted molar refractivity (Wildman–Crippen MR) is 79.5 cm³/mol. The summed E-state index contributed by atoms with van der Waals surface area (Å²) >= 11 is 4.86. The summed E-state index contributed by atoms with van der Waals surface area (Å²) in [4.78, 5) is 0.565. The third kappa shape index (κ3) is 2.96. The molecule has 1 fully saturated rings. The van der Waals surface area contributed by atoms with E-state index in [1.165, 1.54) is 4.31 Å². The summed E-state index contributed by atoms with van der Waals surface area (Å²) in [5, 5.41) is 0. The fraction of sp³-hybridized carbons (Fsp3) is 0.462. The first-order valence-electron chi connectivity index (χ1n) is 6.31. The minimum atomic E-state index is -3.42. The minimum absolute atomic E-state index is 0.125. The van der Waals surface area contributed by atoms with E-state index in [4.69, 9.17) is 18.0 Å². The average Bonchev–Trinajstić information content (AvgIpc) is 2.91. The van der Waals surface area contributed by atoms with Crippen LogP contribution in [0.5, 0.6) is 0 Å². The summed E-state index contributed by atoms with van der Waals surface area (Å²) in [6.07, 6.45) is 4.09. The third-order valence-corrected chi connectivity index (χ3v) is 5.81. The Morgan fingerprint density at radius 2 is 1.79 bits per heavy atom. The van der Waals surface area contributed by atoms with E-state index in [0.29, 0.717) is 10.5 Å². The lowest BCUT2D eigenvalue weighted by atomic mass is 10.2. The summed E-state index contributed by atoms with van der Waals surface area (Å²) < 4.78 is 26.4. The highest BCUT2D eigenvalue weighted by Crippen LogP contribution is 2.27. The molecule has 0 aromatic heterocycles. The highest BCUT2D eigenvalue weighted by atomic mass is 32.2. The minimum Gasteiger partial charge on any atom is -0.389 e. The van der Waals surface area contributed by atoms with Crippen LogP contribution in [0.4, 0.5) is 0 Å². The standard InChI is InChI=1S/C13H18N2O2S2/c1-15(11-4-2-3-5-11)19(16,17)12-8-6-10(7-9-12)13(14)18/h6-9,11H,2-5H2,1H3,(H2,14,18). The van der Waals surface area contributed by atoms with Crippen molar-refractivity contribution >= 4 is 27.2 Å². The number of rotatable bonds is 4. The van der Waals surface area contributed by atoms with Gasteiger partial charge in [-0.3, -0.25) is 0 Å². The van der Waals surface area contributed by atoms with Crippen molar-refractivity contribution in [2.75, 3.05) is 7.05 Å². The lowest BCUT2D eigenvalue weighted by molar-refractivity contribution is 0.373. The van der Waals surface area contributed by atoms with Gasteiger partial charge in [0.1, 0.15) is 4.99 Å². The number of hydrogen-bond acceptors (Lipinski definition) is 3. The molecule has 0 bridgehead atoms. The smallest absolute Gasteiger partial charge is 0.243 e. The zero-order chi connectivity index (χ0) is 14.0. The second-order valence-corrected chi connectivity index (χ2v) is 7.29. The van der Waals surface area contributed by atoms with E-state index in [0.717, 1.165) is 25.7 Å². The van der Waals surface area contributed by atoms with E-state index in [9.17, 15) is 8.42 Å². The molecule has 1 aliphatic carbocycles. The SMILES string of the molecule is CN(C1CCCC1)S(=O)(=O)c1ccc(C(N)=S)cc1. The van der Waals surface area contributed by atoms with Crippen LogP contribution in [-0.4, -0.2) is 30.8 Å². The summed E-state index contributed by atoms with van der Waals surface area (Å²) in [6, 6.07) is 6.56. The molecule has 0 spiro atoms. The van der Waals surface area contributed by atoms with Gasteiger partial charge in [0.15, 0.2) is 0 Å². The molecule has 0 saturated heterocycles. The highest BCUT2D eigenvalue weighted by Gasteiger charge is 2.29. The Morgan fingerprint density at radius 1 is 1.26 bits per heavy atom. The summed E-state index contributed by atoms with van der Waals surface area (Å²) in [7, 11) is -1.76. The molecule has 1 aromatic carbocycles. The molecular formula is C13H18N2O2S2. The summed E-state index contributed by atoms with van der Waals surface area (Å²) in [5.41, 5.74) is 6.18. The Labute approximate surface area is 119 Å². The normalized spacial score (nSPS) is 16.9. The van der Waals surface area contributed by atoms with Crippen LogP contribution in [0.1, 0.15) is 31.2 Å². The van der Waals surface area contributed by atoms with Crippen molar-refractivity contribution < 1.29 is 8.42 Å². The molecule has 0 unspecified atom stereocenters. The number of hydrogen-bond donors (Lipinski definition) is 1. The van der Waals surface area contributed by atoms with Crippen molar-refractivity contribution in [2.24, 2.45) is 5.73 Å². The van der Waals surface area contributed by atoms with Crippen molar-refractivity contribution in [2.45, 2.75) is 36.6 Å². The number of sulfonamides is 1. The highest BCUT2D eigenvalue weighted by molar-refractivity contribution is 7.89. The molecule has 0 amide bonds. The second kappa shape index (κ2) is 5.56. The van der Waals surface area contributed by atoms with E-state index < -0.39 is 10.0 Å². The Balaban J connectivity index is 2.25. The lowest BCUT2D eigenvalue weighted by Gasteiger charge is -2.23. The van der Waals surface area contributed by atoms with E-state index in [1.54, 1.807) is 31.3 Å². The van der Waals surface area contributed by atoms with Crippen LogP contribution >= 0.6 is 12.2 Å². The molecule has 6 heteroatoms. The van der Waals surface area contributed by atoms with Gasteiger partial charge in [-0.15, -0.1) is 0 Å². The van der Waals surface area contributed by atoms with Gasteiger partial charge < -0.3 is 5.73 Å². The zero-order valence-electron chi connectivity index (χ0n) is 10.9. The largest absolute Gasteiger partial charge is 0.389 e. The maximum Gasteiger partial charge on any atom is 0.243 e. The number of nitrogens with two attached hydrogens (primary N) is 1. The number of thiocarbonyl (C=S) groups is 1. The van der Waals surface area contributed by atoms with Gasteiger partial charge in [0, 0.05) is 18.7 Å². The second-order valence-electron chi connectivity index (χ2n) is 4.85. The molecule has 0 aliphatic heterocycles. The average molecular weight is 298 g/mol. The molecule has 1 aromatic rings. The molecule has 1 aliphatic rings. The molecule has 2 N–H and O–H groups in total. The van der Waals surface area contributed by atoms with Gasteiger partial charge in [-0.2, -0.15) is 4.31 Å². The van der Waals surface area contributed by atoms with Gasteiger partial charge in [-0.05, 0) is 25.0 Å². The molecule has 19 heavy (non-hydrogen) atoms. The van der Waals surface area contributed by atoms with Crippen LogP contribution in [0.15, 0.2) is 29.2 Å². The van der Waals surface area contributed by atoms with Crippen LogP contribution in [-0.2, 0) is 10.0 Å². The Morgan fingerprint density at radius 3 is 2.26 bits per heavy atom. The van der Waals surface area contributed by atoms with Crippen molar-refractivity contribution in [1.82, 2.24) is 4.31 Å². The first-order chi connectivity index (χ1) is 8.93. The summed E-state index contributed by atoms with van der Waals surface area (Å²) in [6.45, 7) is 0. The maximum absolute atomic E-state index is 12.5. The molecule has 2 rings (SSSR count). The van der Waals surface area contributed by atoms with Crippen LogP contribution in [0, 0.1) is 0 Å². The quantitative estimate of drug-likeness (QED) is 0.862. The molecule has 104 valence electrons. The molecule has 0 radical (unpaired) electrons. The first kappa shape index (κ1) is 14.4. The lowest BCUT2D eigenvalue weighted by Crippen LogP contribution is -2.35. The Kier molecular flexibility index (Phi) is 4.23. The van der Waals surface area contributed by atoms with Gasteiger partial charge in [0.25, 0.3) is 0 Å². The van der Waals surface area contributed by atoms with Crippen molar-refractivity contribution in [3.8, 4) is 0 Å². The monoisotopic (exact) mass is 298 g/mol. The molecule has 0 atom stereocenters. The number of nitrogens with zero attached hydrogens (tertiary/aromatic N) is 1. The fourth-order valence-electron chi connectivity index (χ4n) is 2.42. The Bertz CT molecular complexity index is 561. The van der Waals surface area contributed by atoms with Crippen molar-refractivity contribution in [1.29, 1.82) is 0 Å². The Hall–Kier alpha value is -0.980. The van der Waals surface area contributed by atoms with Gasteiger partial charge >= 0.3 is 0 Å². The van der Waals surface area contributed by atoms with Crippen LogP contribution in [0.2, 0.25) is 0 Å². The summed E-state index contributed by atoms with van der Waals surface area (Å²) in [5.74, 6) is 0. The number of benzene rings is 1. The predicted octanol–water partition coefficient (Wildman–Crippen LogP) is 1.88. The van der Waals surface area contributed by atoms with Crippen molar-refractivity contribution in [3.05, 3.63) is 29.8 Å². The van der Waals surface area contributed by atoms with Gasteiger partial charge in [-0.25, -0.2) is 8.42 Å². The molecule has 4 nitrogen and oxygen atoms in total. The van der Waals surface area contributed by atoms with Crippen LogP contribution in [0.25, 0.3) is 0 Å². The van der Waals surface area contributed by atoms with Crippen LogP contribution < -0.4 is 5.73 Å². The third-order valence-electron chi connectivity index (χ3n) is 3.65. The van der Waals surface area contributed by atoms with E-state index in [1.807, 2.05) is 0 Å². The van der Waals surface area contributed by atoms with E-state index in [-0.39, 0.29) is 11.0 Å². The van der Waals surface area contributed by atoms with Gasteiger partial charge in [0.05, 0.1) is 4.90 Å². The molecule has 1 saturated carbocycles. The fourth-order valence-corrected chi connectivity index (χ4v) is 3.97. The van der Waals surface area contributed by atoms with Crippen LogP contribution in [0.3, 0.4) is 0 Å². The molecule has 0 heterocycles. The van der Waals surface area contributed by atoms with E-state index in [2.05, 4.69) is 0 Å². The molecular weight excluding hydrogens is 280 g/mol. The van der Waals surface area contributed by atoms with Crippen molar-refractivity contribution in [3.63, 3.8) is 0 Å². The van der Waals surface area contributed by atoms with Gasteiger partial charge in [0.2, 0.25) is 10.0 Å². The first-order valence-corrected chi connectivity index (χ1v) is 8.15. The maximum atomic E-state index is 12.5.